The van der Waals surface area contributed by atoms with Gasteiger partial charge in [0.1, 0.15) is 11.6 Å². The van der Waals surface area contributed by atoms with Crippen molar-refractivity contribution in [2.45, 2.75) is 13.8 Å². The second kappa shape index (κ2) is 4.67. The van der Waals surface area contributed by atoms with Crippen LogP contribution < -0.4 is 5.32 Å². The normalized spacial score (nSPS) is 10.4. The zero-order valence-electron chi connectivity index (χ0n) is 9.46. The van der Waals surface area contributed by atoms with E-state index in [4.69, 9.17) is 11.6 Å². The quantitative estimate of drug-likeness (QED) is 0.829. The predicted molar refractivity (Wildman–Crippen MR) is 66.2 cm³/mol. The first-order valence-corrected chi connectivity index (χ1v) is 5.46. The Morgan fingerprint density at radius 3 is 2.76 bits per heavy atom. The summed E-state index contributed by atoms with van der Waals surface area (Å²) in [5, 5.41) is 3.21. The maximum absolute atomic E-state index is 13.1. The molecule has 0 fully saturated rings. The van der Waals surface area contributed by atoms with Gasteiger partial charge in [0, 0.05) is 17.4 Å². The molecule has 0 aliphatic rings. The van der Waals surface area contributed by atoms with E-state index in [1.165, 1.54) is 12.1 Å². The number of aromatic nitrogens is 2. The molecule has 2 rings (SSSR count). The first-order chi connectivity index (χ1) is 8.06. The van der Waals surface area contributed by atoms with Crippen molar-refractivity contribution in [3.63, 3.8) is 0 Å². The van der Waals surface area contributed by atoms with Crippen LogP contribution in [0.15, 0.2) is 24.4 Å². The first kappa shape index (κ1) is 11.8. The lowest BCUT2D eigenvalue weighted by atomic mass is 10.2. The number of nitrogens with zero attached hydrogens (tertiary/aromatic N) is 2. The molecule has 0 saturated carbocycles. The van der Waals surface area contributed by atoms with Crippen molar-refractivity contribution in [3.8, 4) is 0 Å². The van der Waals surface area contributed by atoms with E-state index in [0.717, 1.165) is 11.1 Å². The molecular weight excluding hydrogens is 241 g/mol. The largest absolute Gasteiger partial charge is 0.340 e. The monoisotopic (exact) mass is 251 g/mol. The van der Waals surface area contributed by atoms with Crippen molar-refractivity contribution in [3.05, 3.63) is 46.6 Å². The maximum atomic E-state index is 13.1. The van der Waals surface area contributed by atoms with Crippen LogP contribution in [0.2, 0.25) is 5.28 Å². The Hall–Kier alpha value is -1.68. The average molecular weight is 252 g/mol. The Balaban J connectivity index is 2.37. The van der Waals surface area contributed by atoms with Crippen LogP contribution >= 0.6 is 11.6 Å². The Kier molecular flexibility index (Phi) is 3.24. The van der Waals surface area contributed by atoms with E-state index >= 15 is 0 Å². The highest BCUT2D eigenvalue weighted by molar-refractivity contribution is 6.28. The molecule has 0 saturated heterocycles. The molecule has 0 aliphatic carbocycles. The topological polar surface area (TPSA) is 37.8 Å². The van der Waals surface area contributed by atoms with Crippen LogP contribution in [-0.2, 0) is 0 Å². The van der Waals surface area contributed by atoms with Gasteiger partial charge in [-0.25, -0.2) is 14.4 Å². The lowest BCUT2D eigenvalue weighted by Crippen LogP contribution is -2.00. The second-order valence-electron chi connectivity index (χ2n) is 3.75. The number of hydrogen-bond donors (Lipinski definition) is 1. The first-order valence-electron chi connectivity index (χ1n) is 5.08. The Morgan fingerprint density at radius 2 is 2.00 bits per heavy atom. The van der Waals surface area contributed by atoms with Crippen molar-refractivity contribution in [1.29, 1.82) is 0 Å². The van der Waals surface area contributed by atoms with Gasteiger partial charge in [0.2, 0.25) is 5.28 Å². The summed E-state index contributed by atoms with van der Waals surface area (Å²) in [5.41, 5.74) is 2.45. The third-order valence-electron chi connectivity index (χ3n) is 2.39. The molecule has 0 radical (unpaired) electrons. The summed E-state index contributed by atoms with van der Waals surface area (Å²) in [7, 11) is 0. The number of nitrogens with one attached hydrogen (secondary N) is 1. The van der Waals surface area contributed by atoms with Gasteiger partial charge in [-0.1, -0.05) is 6.07 Å². The van der Waals surface area contributed by atoms with Crippen molar-refractivity contribution >= 4 is 23.1 Å². The number of benzene rings is 1. The summed E-state index contributed by atoms with van der Waals surface area (Å²) in [6.07, 6.45) is 1.62. The van der Waals surface area contributed by atoms with Gasteiger partial charge in [-0.15, -0.1) is 0 Å². The molecule has 3 nitrogen and oxygen atoms in total. The molecular formula is C12H11ClFN3. The van der Waals surface area contributed by atoms with E-state index in [1.807, 2.05) is 13.8 Å². The van der Waals surface area contributed by atoms with E-state index in [2.05, 4.69) is 15.3 Å². The van der Waals surface area contributed by atoms with Gasteiger partial charge in [0.15, 0.2) is 0 Å². The molecule has 0 aliphatic heterocycles. The minimum absolute atomic E-state index is 0.159. The molecule has 88 valence electrons. The van der Waals surface area contributed by atoms with Crippen molar-refractivity contribution in [1.82, 2.24) is 9.97 Å². The maximum Gasteiger partial charge on any atom is 0.224 e. The Bertz CT molecular complexity index is 508. The zero-order valence-corrected chi connectivity index (χ0v) is 10.2. The van der Waals surface area contributed by atoms with Crippen LogP contribution in [0.25, 0.3) is 0 Å². The molecule has 17 heavy (non-hydrogen) atoms. The van der Waals surface area contributed by atoms with Crippen molar-refractivity contribution in [2.75, 3.05) is 5.32 Å². The van der Waals surface area contributed by atoms with E-state index in [-0.39, 0.29) is 11.1 Å². The number of rotatable bonds is 2. The SMILES string of the molecule is Cc1ccc(F)cc1Nc1nc(Cl)ncc1C. The van der Waals surface area contributed by atoms with Gasteiger partial charge in [0.05, 0.1) is 0 Å². The van der Waals surface area contributed by atoms with Gasteiger partial charge in [-0.05, 0) is 43.1 Å². The molecule has 0 unspecified atom stereocenters. The molecule has 0 bridgehead atoms. The molecule has 0 spiro atoms. The summed E-state index contributed by atoms with van der Waals surface area (Å²) in [6.45, 7) is 3.74. The van der Waals surface area contributed by atoms with E-state index in [9.17, 15) is 4.39 Å². The Labute approximate surface area is 104 Å². The fourth-order valence-electron chi connectivity index (χ4n) is 1.40. The van der Waals surface area contributed by atoms with Crippen LogP contribution in [0.5, 0.6) is 0 Å². The summed E-state index contributed by atoms with van der Waals surface area (Å²) < 4.78 is 13.1. The lowest BCUT2D eigenvalue weighted by molar-refractivity contribution is 0.628. The van der Waals surface area contributed by atoms with Crippen LogP contribution in [-0.4, -0.2) is 9.97 Å². The molecule has 0 amide bonds. The smallest absolute Gasteiger partial charge is 0.224 e. The molecule has 0 atom stereocenters. The third-order valence-corrected chi connectivity index (χ3v) is 2.58. The third kappa shape index (κ3) is 2.71. The van der Waals surface area contributed by atoms with Crippen LogP contribution in [0.4, 0.5) is 15.9 Å². The fourth-order valence-corrected chi connectivity index (χ4v) is 1.54. The molecule has 2 aromatic rings. The molecule has 1 aromatic carbocycles. The van der Waals surface area contributed by atoms with Gasteiger partial charge >= 0.3 is 0 Å². The number of halogens is 2. The molecule has 5 heteroatoms. The van der Waals surface area contributed by atoms with Gasteiger partial charge in [0.25, 0.3) is 0 Å². The molecule has 1 heterocycles. The summed E-state index contributed by atoms with van der Waals surface area (Å²) in [6, 6.07) is 4.54. The minimum Gasteiger partial charge on any atom is -0.340 e. The number of aryl methyl sites for hydroxylation is 2. The van der Waals surface area contributed by atoms with Crippen molar-refractivity contribution < 1.29 is 4.39 Å². The highest BCUT2D eigenvalue weighted by Gasteiger charge is 2.05. The predicted octanol–water partition coefficient (Wildman–Crippen LogP) is 3.63. The minimum atomic E-state index is -0.295. The van der Waals surface area contributed by atoms with Crippen molar-refractivity contribution in [2.24, 2.45) is 0 Å². The van der Waals surface area contributed by atoms with E-state index in [0.29, 0.717) is 11.5 Å². The second-order valence-corrected chi connectivity index (χ2v) is 4.09. The van der Waals surface area contributed by atoms with E-state index < -0.39 is 0 Å². The lowest BCUT2D eigenvalue weighted by Gasteiger charge is -2.10. The van der Waals surface area contributed by atoms with Gasteiger partial charge in [-0.2, -0.15) is 0 Å². The highest BCUT2D eigenvalue weighted by Crippen LogP contribution is 2.22. The van der Waals surface area contributed by atoms with Gasteiger partial charge in [-0.3, -0.25) is 0 Å². The zero-order chi connectivity index (χ0) is 12.4. The summed E-state index contributed by atoms with van der Waals surface area (Å²) in [5.74, 6) is 0.287. The highest BCUT2D eigenvalue weighted by atomic mass is 35.5. The van der Waals surface area contributed by atoms with E-state index in [1.54, 1.807) is 12.3 Å². The standard InChI is InChI=1S/C12H11ClFN3/c1-7-3-4-9(14)5-10(7)16-11-8(2)6-15-12(13)17-11/h3-6H,1-2H3,(H,15,16,17). The molecule has 1 aromatic heterocycles. The Morgan fingerprint density at radius 1 is 1.24 bits per heavy atom. The summed E-state index contributed by atoms with van der Waals surface area (Å²) in [4.78, 5) is 7.92. The van der Waals surface area contributed by atoms with Crippen LogP contribution in [0, 0.1) is 19.7 Å². The van der Waals surface area contributed by atoms with Crippen LogP contribution in [0.1, 0.15) is 11.1 Å². The number of hydrogen-bond acceptors (Lipinski definition) is 3. The summed E-state index contributed by atoms with van der Waals surface area (Å²) >= 11 is 5.72. The average Bonchev–Trinajstić information content (AvgIpc) is 2.28. The van der Waals surface area contributed by atoms with Gasteiger partial charge < -0.3 is 5.32 Å². The fraction of sp³-hybridized carbons (Fsp3) is 0.167. The molecule has 1 N–H and O–H groups in total. The number of anilines is 2. The van der Waals surface area contributed by atoms with Crippen LogP contribution in [0.3, 0.4) is 0 Å².